The number of hydrogen-bond donors (Lipinski definition) is 2. The Balaban J connectivity index is 1.95. The van der Waals surface area contributed by atoms with Gasteiger partial charge in [-0.2, -0.15) is 0 Å². The molecule has 1 saturated carbocycles. The number of ether oxygens (including phenoxy) is 1. The third-order valence-electron chi connectivity index (χ3n) is 3.43. The molecule has 0 atom stereocenters. The number of sulfonamides is 1. The van der Waals surface area contributed by atoms with E-state index in [4.69, 9.17) is 10.5 Å². The number of hydrogen-bond acceptors (Lipinski definition) is 5. The largest absolute Gasteiger partial charge is 0.490 e. The molecule has 1 aliphatic carbocycles. The number of benzene rings is 1. The number of anilines is 1. The first-order valence-electron chi connectivity index (χ1n) is 6.60. The monoisotopic (exact) mass is 299 g/mol. The summed E-state index contributed by atoms with van der Waals surface area (Å²) in [5, 5.41) is 0. The molecule has 0 spiro atoms. The van der Waals surface area contributed by atoms with E-state index in [0.29, 0.717) is 24.1 Å². The molecule has 1 fully saturated rings. The fourth-order valence-electron chi connectivity index (χ4n) is 1.94. The summed E-state index contributed by atoms with van der Waals surface area (Å²) in [7, 11) is -0.0271. The first kappa shape index (κ1) is 15.1. The SMILES string of the molecule is CNS(=O)(=O)c1ccc(OCCN(C)C2CC2)c(N)c1. The molecule has 6 nitrogen and oxygen atoms in total. The zero-order valence-corrected chi connectivity index (χ0v) is 12.6. The third-order valence-corrected chi connectivity index (χ3v) is 4.84. The van der Waals surface area contributed by atoms with E-state index in [0.717, 1.165) is 6.54 Å². The van der Waals surface area contributed by atoms with Crippen LogP contribution >= 0.6 is 0 Å². The lowest BCUT2D eigenvalue weighted by Gasteiger charge is -2.16. The molecule has 0 bridgehead atoms. The van der Waals surface area contributed by atoms with Gasteiger partial charge in [0.2, 0.25) is 10.0 Å². The first-order chi connectivity index (χ1) is 9.44. The second-order valence-electron chi connectivity index (χ2n) is 4.97. The molecule has 0 saturated heterocycles. The van der Waals surface area contributed by atoms with Gasteiger partial charge in [-0.3, -0.25) is 0 Å². The molecule has 0 aromatic heterocycles. The summed E-state index contributed by atoms with van der Waals surface area (Å²) in [6.07, 6.45) is 2.52. The van der Waals surface area contributed by atoms with Crippen LogP contribution in [0.4, 0.5) is 5.69 Å². The van der Waals surface area contributed by atoms with Gasteiger partial charge in [0.25, 0.3) is 0 Å². The van der Waals surface area contributed by atoms with Crippen LogP contribution in [0.2, 0.25) is 0 Å². The van der Waals surface area contributed by atoms with Gasteiger partial charge in [-0.25, -0.2) is 13.1 Å². The Hall–Kier alpha value is -1.31. The maximum absolute atomic E-state index is 11.6. The van der Waals surface area contributed by atoms with Crippen molar-refractivity contribution in [1.82, 2.24) is 9.62 Å². The molecular weight excluding hydrogens is 278 g/mol. The average Bonchev–Trinajstić information content (AvgIpc) is 3.24. The van der Waals surface area contributed by atoms with Crippen molar-refractivity contribution >= 4 is 15.7 Å². The summed E-state index contributed by atoms with van der Waals surface area (Å²) < 4.78 is 31.1. The minimum Gasteiger partial charge on any atom is -0.490 e. The summed E-state index contributed by atoms with van der Waals surface area (Å²) in [5.74, 6) is 0.518. The maximum atomic E-state index is 11.6. The highest BCUT2D eigenvalue weighted by atomic mass is 32.2. The first-order valence-corrected chi connectivity index (χ1v) is 8.08. The minimum absolute atomic E-state index is 0.139. The van der Waals surface area contributed by atoms with E-state index < -0.39 is 10.0 Å². The van der Waals surface area contributed by atoms with Crippen LogP contribution in [-0.4, -0.2) is 46.6 Å². The summed E-state index contributed by atoms with van der Waals surface area (Å²) in [6, 6.07) is 5.18. The maximum Gasteiger partial charge on any atom is 0.240 e. The fourth-order valence-corrected chi connectivity index (χ4v) is 2.71. The smallest absolute Gasteiger partial charge is 0.240 e. The fraction of sp³-hybridized carbons (Fsp3) is 0.538. The molecule has 0 radical (unpaired) electrons. The van der Waals surface area contributed by atoms with Gasteiger partial charge in [0.15, 0.2) is 0 Å². The van der Waals surface area contributed by atoms with Gasteiger partial charge in [0.05, 0.1) is 10.6 Å². The van der Waals surface area contributed by atoms with E-state index in [1.165, 1.54) is 32.0 Å². The second kappa shape index (κ2) is 5.99. The number of rotatable bonds is 7. The number of nitrogens with zero attached hydrogens (tertiary/aromatic N) is 1. The van der Waals surface area contributed by atoms with Crippen LogP contribution in [0.3, 0.4) is 0 Å². The van der Waals surface area contributed by atoms with E-state index >= 15 is 0 Å². The molecule has 1 aromatic rings. The number of nitrogens with two attached hydrogens (primary N) is 1. The Morgan fingerprint density at radius 2 is 2.15 bits per heavy atom. The van der Waals surface area contributed by atoms with Gasteiger partial charge in [-0.05, 0) is 45.1 Å². The molecule has 20 heavy (non-hydrogen) atoms. The summed E-state index contributed by atoms with van der Waals surface area (Å²) in [4.78, 5) is 2.40. The van der Waals surface area contributed by atoms with E-state index in [1.807, 2.05) is 0 Å². The Bertz CT molecular complexity index is 570. The van der Waals surface area contributed by atoms with Crippen molar-refractivity contribution in [2.24, 2.45) is 0 Å². The van der Waals surface area contributed by atoms with Crippen molar-refractivity contribution in [3.8, 4) is 5.75 Å². The molecule has 3 N–H and O–H groups in total. The number of likely N-dealkylation sites (N-methyl/N-ethyl adjacent to an activating group) is 1. The molecule has 2 rings (SSSR count). The lowest BCUT2D eigenvalue weighted by Crippen LogP contribution is -2.26. The molecule has 0 amide bonds. The lowest BCUT2D eigenvalue weighted by molar-refractivity contribution is 0.232. The summed E-state index contributed by atoms with van der Waals surface area (Å²) in [5.41, 5.74) is 6.16. The van der Waals surface area contributed by atoms with E-state index in [-0.39, 0.29) is 4.90 Å². The van der Waals surface area contributed by atoms with E-state index in [2.05, 4.69) is 16.7 Å². The van der Waals surface area contributed by atoms with Gasteiger partial charge in [-0.1, -0.05) is 0 Å². The van der Waals surface area contributed by atoms with Crippen molar-refractivity contribution in [1.29, 1.82) is 0 Å². The summed E-state index contributed by atoms with van der Waals surface area (Å²) in [6.45, 7) is 1.37. The molecular formula is C13H21N3O3S. The molecule has 0 unspecified atom stereocenters. The molecule has 0 heterocycles. The highest BCUT2D eigenvalue weighted by molar-refractivity contribution is 7.89. The average molecular weight is 299 g/mol. The van der Waals surface area contributed by atoms with Crippen LogP contribution in [0.1, 0.15) is 12.8 Å². The van der Waals surface area contributed by atoms with Crippen LogP contribution < -0.4 is 15.2 Å². The normalized spacial score (nSPS) is 15.6. The Morgan fingerprint density at radius 3 is 2.70 bits per heavy atom. The molecule has 1 aliphatic rings. The number of nitrogen functional groups attached to an aromatic ring is 1. The standard InChI is InChI=1S/C13H21N3O3S/c1-15-20(17,18)11-5-6-13(12(14)9-11)19-8-7-16(2)10-3-4-10/h5-6,9-10,15H,3-4,7-8,14H2,1-2H3. The van der Waals surface area contributed by atoms with E-state index in [9.17, 15) is 8.42 Å². The zero-order valence-electron chi connectivity index (χ0n) is 11.8. The Morgan fingerprint density at radius 1 is 1.45 bits per heavy atom. The van der Waals surface area contributed by atoms with Gasteiger partial charge < -0.3 is 15.4 Å². The van der Waals surface area contributed by atoms with Crippen LogP contribution in [0.25, 0.3) is 0 Å². The Kier molecular flexibility index (Phi) is 4.52. The quantitative estimate of drug-likeness (QED) is 0.722. The summed E-state index contributed by atoms with van der Waals surface area (Å²) >= 11 is 0. The topological polar surface area (TPSA) is 84.7 Å². The predicted molar refractivity (Wildman–Crippen MR) is 78.2 cm³/mol. The van der Waals surface area contributed by atoms with Crippen LogP contribution in [0.15, 0.2) is 23.1 Å². The highest BCUT2D eigenvalue weighted by Crippen LogP contribution is 2.26. The van der Waals surface area contributed by atoms with Gasteiger partial charge in [-0.15, -0.1) is 0 Å². The van der Waals surface area contributed by atoms with Crippen LogP contribution in [0, 0.1) is 0 Å². The highest BCUT2D eigenvalue weighted by Gasteiger charge is 2.25. The van der Waals surface area contributed by atoms with Crippen molar-refractivity contribution < 1.29 is 13.2 Å². The second-order valence-corrected chi connectivity index (χ2v) is 6.85. The molecule has 112 valence electrons. The molecule has 7 heteroatoms. The van der Waals surface area contributed by atoms with Crippen molar-refractivity contribution in [3.63, 3.8) is 0 Å². The van der Waals surface area contributed by atoms with Crippen molar-refractivity contribution in [2.75, 3.05) is 33.0 Å². The van der Waals surface area contributed by atoms with E-state index in [1.54, 1.807) is 6.07 Å². The Labute approximate surface area is 120 Å². The van der Waals surface area contributed by atoms with Gasteiger partial charge in [0.1, 0.15) is 12.4 Å². The van der Waals surface area contributed by atoms with Gasteiger partial charge in [0, 0.05) is 12.6 Å². The number of nitrogens with one attached hydrogen (secondary N) is 1. The molecule has 1 aromatic carbocycles. The lowest BCUT2D eigenvalue weighted by atomic mass is 10.3. The van der Waals surface area contributed by atoms with Gasteiger partial charge >= 0.3 is 0 Å². The van der Waals surface area contributed by atoms with Crippen LogP contribution in [-0.2, 0) is 10.0 Å². The zero-order chi connectivity index (χ0) is 14.8. The third kappa shape index (κ3) is 3.62. The van der Waals surface area contributed by atoms with Crippen molar-refractivity contribution in [3.05, 3.63) is 18.2 Å². The predicted octanol–water partition coefficient (Wildman–Crippen LogP) is 0.650. The molecule has 0 aliphatic heterocycles. The van der Waals surface area contributed by atoms with Crippen molar-refractivity contribution in [2.45, 2.75) is 23.8 Å². The minimum atomic E-state index is -3.47. The van der Waals surface area contributed by atoms with Crippen LogP contribution in [0.5, 0.6) is 5.75 Å².